The van der Waals surface area contributed by atoms with E-state index in [-0.39, 0.29) is 5.54 Å². The molecule has 0 bridgehead atoms. The van der Waals surface area contributed by atoms with Gasteiger partial charge in [0.1, 0.15) is 5.75 Å². The highest BCUT2D eigenvalue weighted by Gasteiger charge is 2.49. The van der Waals surface area contributed by atoms with Crippen molar-refractivity contribution in [2.75, 3.05) is 13.2 Å². The summed E-state index contributed by atoms with van der Waals surface area (Å²) < 4.78 is 5.84. The summed E-state index contributed by atoms with van der Waals surface area (Å²) in [6.07, 6.45) is 6.07. The Bertz CT molecular complexity index is 550. The molecular formula is C16H21N3O. The van der Waals surface area contributed by atoms with E-state index in [9.17, 15) is 0 Å². The summed E-state index contributed by atoms with van der Waals surface area (Å²) in [5.41, 5.74) is 7.46. The summed E-state index contributed by atoms with van der Waals surface area (Å²) in [7, 11) is 0. The number of hydrogen-bond acceptors (Lipinski definition) is 4. The predicted octanol–water partition coefficient (Wildman–Crippen LogP) is 2.24. The molecule has 1 saturated carbocycles. The van der Waals surface area contributed by atoms with Crippen LogP contribution in [0.25, 0.3) is 0 Å². The lowest BCUT2D eigenvalue weighted by atomic mass is 9.82. The lowest BCUT2D eigenvalue weighted by molar-refractivity contribution is 0.0912. The summed E-state index contributed by atoms with van der Waals surface area (Å²) >= 11 is 0. The molecule has 2 N–H and O–H groups in total. The standard InChI is InChI=1S/C16H21N3O/c17-15-18-11-16(19(15)12-5-1-2-6-12)9-10-20-14-8-4-3-7-13(14)16/h3-4,7-8,12H,1-2,5-6,9-11H2,(H2,17,18). The molecule has 1 spiro atoms. The number of aliphatic imine (C=N–C) groups is 1. The largest absolute Gasteiger partial charge is 0.493 e. The number of benzene rings is 1. The van der Waals surface area contributed by atoms with Crippen LogP contribution in [0.15, 0.2) is 29.3 Å². The summed E-state index contributed by atoms with van der Waals surface area (Å²) in [6, 6.07) is 8.93. The van der Waals surface area contributed by atoms with Crippen LogP contribution in [-0.2, 0) is 5.54 Å². The van der Waals surface area contributed by atoms with Gasteiger partial charge in [0.15, 0.2) is 5.96 Å². The highest BCUT2D eigenvalue weighted by molar-refractivity contribution is 5.82. The van der Waals surface area contributed by atoms with Gasteiger partial charge in [0.2, 0.25) is 0 Å². The molecule has 1 unspecified atom stereocenters. The van der Waals surface area contributed by atoms with E-state index in [4.69, 9.17) is 10.5 Å². The predicted molar refractivity (Wildman–Crippen MR) is 78.8 cm³/mol. The number of rotatable bonds is 1. The molecule has 0 amide bonds. The molecular weight excluding hydrogens is 250 g/mol. The molecule has 1 atom stereocenters. The number of guanidine groups is 1. The van der Waals surface area contributed by atoms with E-state index in [2.05, 4.69) is 28.1 Å². The van der Waals surface area contributed by atoms with Crippen molar-refractivity contribution in [1.82, 2.24) is 4.90 Å². The third-order valence-corrected chi connectivity index (χ3v) is 5.06. The van der Waals surface area contributed by atoms with E-state index < -0.39 is 0 Å². The maximum absolute atomic E-state index is 6.26. The van der Waals surface area contributed by atoms with Gasteiger partial charge in [0.25, 0.3) is 0 Å². The fraction of sp³-hybridized carbons (Fsp3) is 0.562. The van der Waals surface area contributed by atoms with Crippen LogP contribution in [0.2, 0.25) is 0 Å². The molecule has 0 saturated heterocycles. The van der Waals surface area contributed by atoms with Crippen molar-refractivity contribution in [3.05, 3.63) is 29.8 Å². The van der Waals surface area contributed by atoms with Gasteiger partial charge < -0.3 is 15.4 Å². The maximum atomic E-state index is 6.26. The molecule has 4 heteroatoms. The van der Waals surface area contributed by atoms with E-state index in [1.165, 1.54) is 31.2 Å². The second kappa shape index (κ2) is 4.40. The zero-order chi connectivity index (χ0) is 13.6. The lowest BCUT2D eigenvalue weighted by Gasteiger charge is -2.46. The van der Waals surface area contributed by atoms with Crippen molar-refractivity contribution < 1.29 is 4.74 Å². The number of para-hydroxylation sites is 1. The van der Waals surface area contributed by atoms with Gasteiger partial charge in [-0.15, -0.1) is 0 Å². The third kappa shape index (κ3) is 1.57. The maximum Gasteiger partial charge on any atom is 0.192 e. The molecule has 2 heterocycles. The molecule has 3 aliphatic rings. The summed E-state index contributed by atoms with van der Waals surface area (Å²) in [5, 5.41) is 0. The molecule has 0 radical (unpaired) electrons. The van der Waals surface area contributed by atoms with Crippen molar-refractivity contribution in [2.24, 2.45) is 10.7 Å². The van der Waals surface area contributed by atoms with Gasteiger partial charge in [0, 0.05) is 18.0 Å². The molecule has 106 valence electrons. The first-order valence-corrected chi connectivity index (χ1v) is 7.63. The van der Waals surface area contributed by atoms with E-state index in [1.54, 1.807) is 0 Å². The Morgan fingerprint density at radius 2 is 2.05 bits per heavy atom. The molecule has 4 nitrogen and oxygen atoms in total. The number of nitrogens with zero attached hydrogens (tertiary/aromatic N) is 2. The SMILES string of the molecule is NC1=NCC2(CCOc3ccccc32)N1C1CCCC1. The van der Waals surface area contributed by atoms with Gasteiger partial charge in [-0.05, 0) is 18.9 Å². The molecule has 1 aromatic carbocycles. The van der Waals surface area contributed by atoms with Gasteiger partial charge in [-0.1, -0.05) is 31.0 Å². The van der Waals surface area contributed by atoms with Gasteiger partial charge in [-0.3, -0.25) is 4.99 Å². The topological polar surface area (TPSA) is 50.9 Å². The fourth-order valence-electron chi connectivity index (χ4n) is 4.14. The molecule has 1 aliphatic carbocycles. The Hall–Kier alpha value is -1.71. The van der Waals surface area contributed by atoms with Crippen molar-refractivity contribution >= 4 is 5.96 Å². The highest BCUT2D eigenvalue weighted by Crippen LogP contribution is 2.46. The minimum atomic E-state index is -0.0616. The average molecular weight is 271 g/mol. The lowest BCUT2D eigenvalue weighted by Crippen LogP contribution is -2.55. The summed E-state index contributed by atoms with van der Waals surface area (Å²) in [5.74, 6) is 1.74. The minimum absolute atomic E-state index is 0.0616. The van der Waals surface area contributed by atoms with E-state index in [0.29, 0.717) is 6.04 Å². The van der Waals surface area contributed by atoms with Gasteiger partial charge >= 0.3 is 0 Å². The van der Waals surface area contributed by atoms with Crippen LogP contribution in [0, 0.1) is 0 Å². The zero-order valence-electron chi connectivity index (χ0n) is 11.7. The first kappa shape index (κ1) is 12.1. The average Bonchev–Trinajstić information content (AvgIpc) is 3.09. The first-order chi connectivity index (χ1) is 9.81. The summed E-state index contributed by atoms with van der Waals surface area (Å²) in [6.45, 7) is 1.53. The number of hydrogen-bond donors (Lipinski definition) is 1. The third-order valence-electron chi connectivity index (χ3n) is 5.06. The molecule has 4 rings (SSSR count). The monoisotopic (exact) mass is 271 g/mol. The highest BCUT2D eigenvalue weighted by atomic mass is 16.5. The fourth-order valence-corrected chi connectivity index (χ4v) is 4.14. The van der Waals surface area contributed by atoms with Crippen LogP contribution in [0.4, 0.5) is 0 Å². The molecule has 0 aromatic heterocycles. The summed E-state index contributed by atoms with van der Waals surface area (Å²) in [4.78, 5) is 7.02. The number of nitrogens with two attached hydrogens (primary N) is 1. The first-order valence-electron chi connectivity index (χ1n) is 7.63. The Labute approximate surface area is 119 Å². The van der Waals surface area contributed by atoms with E-state index in [0.717, 1.165) is 31.3 Å². The van der Waals surface area contributed by atoms with Crippen LogP contribution in [-0.4, -0.2) is 30.1 Å². The van der Waals surface area contributed by atoms with E-state index in [1.807, 2.05) is 6.07 Å². The van der Waals surface area contributed by atoms with Crippen LogP contribution in [0.5, 0.6) is 5.75 Å². The number of fused-ring (bicyclic) bond motifs is 2. The van der Waals surface area contributed by atoms with Crippen LogP contribution in [0.1, 0.15) is 37.7 Å². The van der Waals surface area contributed by atoms with Crippen LogP contribution >= 0.6 is 0 Å². The Morgan fingerprint density at radius 3 is 2.90 bits per heavy atom. The van der Waals surface area contributed by atoms with Crippen molar-refractivity contribution in [3.63, 3.8) is 0 Å². The van der Waals surface area contributed by atoms with Crippen LogP contribution < -0.4 is 10.5 Å². The molecule has 1 aromatic rings. The Balaban J connectivity index is 1.80. The smallest absolute Gasteiger partial charge is 0.192 e. The Kier molecular flexibility index (Phi) is 2.65. The second-order valence-corrected chi connectivity index (χ2v) is 6.11. The van der Waals surface area contributed by atoms with Gasteiger partial charge in [-0.25, -0.2) is 0 Å². The minimum Gasteiger partial charge on any atom is -0.493 e. The second-order valence-electron chi connectivity index (χ2n) is 6.11. The van der Waals surface area contributed by atoms with Gasteiger partial charge in [-0.2, -0.15) is 0 Å². The molecule has 1 fully saturated rings. The molecule has 2 aliphatic heterocycles. The normalized spacial score (nSPS) is 29.4. The quantitative estimate of drug-likeness (QED) is 0.852. The van der Waals surface area contributed by atoms with Gasteiger partial charge in [0.05, 0.1) is 18.7 Å². The Morgan fingerprint density at radius 1 is 1.25 bits per heavy atom. The number of ether oxygens (including phenoxy) is 1. The van der Waals surface area contributed by atoms with Crippen molar-refractivity contribution in [3.8, 4) is 5.75 Å². The zero-order valence-corrected chi connectivity index (χ0v) is 11.7. The van der Waals surface area contributed by atoms with Crippen LogP contribution in [0.3, 0.4) is 0 Å². The van der Waals surface area contributed by atoms with Crippen molar-refractivity contribution in [1.29, 1.82) is 0 Å². The van der Waals surface area contributed by atoms with Crippen molar-refractivity contribution in [2.45, 2.75) is 43.7 Å². The molecule has 20 heavy (non-hydrogen) atoms. The van der Waals surface area contributed by atoms with E-state index >= 15 is 0 Å².